The third kappa shape index (κ3) is 4.68. The number of hydrogen-bond acceptors (Lipinski definition) is 6. The molecule has 26 heavy (non-hydrogen) atoms. The van der Waals surface area contributed by atoms with Gasteiger partial charge in [0.1, 0.15) is 0 Å². The van der Waals surface area contributed by atoms with Crippen LogP contribution >= 0.6 is 11.3 Å². The van der Waals surface area contributed by atoms with Gasteiger partial charge < -0.3 is 20.3 Å². The number of hydrogen-bond donors (Lipinski definition) is 1. The summed E-state index contributed by atoms with van der Waals surface area (Å²) in [5.41, 5.74) is 7.10. The van der Waals surface area contributed by atoms with Crippen molar-refractivity contribution >= 4 is 22.6 Å². The molecule has 1 saturated heterocycles. The number of fused-ring (bicyclic) bond motifs is 1. The predicted molar refractivity (Wildman–Crippen MR) is 106 cm³/mol. The molecule has 2 N–H and O–H groups in total. The summed E-state index contributed by atoms with van der Waals surface area (Å²) in [5, 5.41) is 0.714. The Morgan fingerprint density at radius 3 is 3.08 bits per heavy atom. The molecular formula is C19H32N4O2S. The highest BCUT2D eigenvalue weighted by Crippen LogP contribution is 2.30. The Labute approximate surface area is 160 Å². The number of amides is 1. The number of carbonyl (C=O) groups is 1. The van der Waals surface area contributed by atoms with Crippen molar-refractivity contribution in [1.29, 1.82) is 0 Å². The highest BCUT2D eigenvalue weighted by molar-refractivity contribution is 7.15. The number of anilines is 1. The van der Waals surface area contributed by atoms with Crippen LogP contribution in [0.1, 0.15) is 49.6 Å². The van der Waals surface area contributed by atoms with E-state index in [0.717, 1.165) is 45.4 Å². The monoisotopic (exact) mass is 380 g/mol. The largest absolute Gasteiger partial charge is 0.453 e. The zero-order valence-electron chi connectivity index (χ0n) is 16.1. The van der Waals surface area contributed by atoms with E-state index in [1.54, 1.807) is 11.3 Å². The van der Waals surface area contributed by atoms with E-state index in [2.05, 4.69) is 16.8 Å². The van der Waals surface area contributed by atoms with E-state index < -0.39 is 0 Å². The molecule has 0 saturated carbocycles. The van der Waals surface area contributed by atoms with Crippen LogP contribution in [0.4, 0.5) is 9.93 Å². The molecular weight excluding hydrogens is 348 g/mol. The Kier molecular flexibility index (Phi) is 6.75. The number of rotatable bonds is 6. The fraction of sp³-hybridized carbons (Fsp3) is 0.789. The SMILES string of the molecule is CCN(CCCC1CCCN(C(=O)OC)C1)C1CCc2nc(N)sc2C1. The Hall–Kier alpha value is -1.34. The zero-order chi connectivity index (χ0) is 18.5. The van der Waals surface area contributed by atoms with E-state index in [1.807, 2.05) is 4.90 Å². The summed E-state index contributed by atoms with van der Waals surface area (Å²) in [6.07, 6.45) is 7.87. The summed E-state index contributed by atoms with van der Waals surface area (Å²) >= 11 is 1.66. The first-order valence-corrected chi connectivity index (χ1v) is 10.7. The minimum Gasteiger partial charge on any atom is -0.453 e. The van der Waals surface area contributed by atoms with E-state index in [4.69, 9.17) is 10.5 Å². The van der Waals surface area contributed by atoms with Gasteiger partial charge in [0.15, 0.2) is 5.13 Å². The Balaban J connectivity index is 1.45. The first-order chi connectivity index (χ1) is 12.6. The van der Waals surface area contributed by atoms with E-state index >= 15 is 0 Å². The molecule has 0 spiro atoms. The van der Waals surface area contributed by atoms with Crippen molar-refractivity contribution in [3.8, 4) is 0 Å². The van der Waals surface area contributed by atoms with Gasteiger partial charge in [-0.1, -0.05) is 6.92 Å². The molecule has 7 heteroatoms. The molecule has 2 unspecified atom stereocenters. The quantitative estimate of drug-likeness (QED) is 0.821. The lowest BCUT2D eigenvalue weighted by Gasteiger charge is -2.34. The second-order valence-corrected chi connectivity index (χ2v) is 8.63. The average molecular weight is 381 g/mol. The van der Waals surface area contributed by atoms with Crippen LogP contribution < -0.4 is 5.73 Å². The van der Waals surface area contributed by atoms with Crippen LogP contribution in [-0.2, 0) is 17.6 Å². The number of likely N-dealkylation sites (N-methyl/N-ethyl adjacent to an activating group) is 1. The molecule has 0 radical (unpaired) electrons. The summed E-state index contributed by atoms with van der Waals surface area (Å²) in [5.74, 6) is 0.612. The van der Waals surface area contributed by atoms with Crippen molar-refractivity contribution in [3.05, 3.63) is 10.6 Å². The van der Waals surface area contributed by atoms with Crippen molar-refractivity contribution in [1.82, 2.24) is 14.8 Å². The maximum absolute atomic E-state index is 11.7. The highest BCUT2D eigenvalue weighted by atomic mass is 32.1. The van der Waals surface area contributed by atoms with Gasteiger partial charge in [-0.25, -0.2) is 9.78 Å². The number of likely N-dealkylation sites (tertiary alicyclic amines) is 1. The zero-order valence-corrected chi connectivity index (χ0v) is 16.9. The second-order valence-electron chi connectivity index (χ2n) is 7.51. The smallest absolute Gasteiger partial charge is 0.409 e. The number of nitrogen functional groups attached to an aromatic ring is 1. The summed E-state index contributed by atoms with van der Waals surface area (Å²) in [6.45, 7) is 6.18. The van der Waals surface area contributed by atoms with Crippen molar-refractivity contribution in [2.24, 2.45) is 5.92 Å². The maximum Gasteiger partial charge on any atom is 0.409 e. The maximum atomic E-state index is 11.7. The third-order valence-electron chi connectivity index (χ3n) is 5.86. The van der Waals surface area contributed by atoms with Crippen LogP contribution in [0.3, 0.4) is 0 Å². The van der Waals surface area contributed by atoms with E-state index in [9.17, 15) is 4.79 Å². The van der Waals surface area contributed by atoms with Gasteiger partial charge in [-0.05, 0) is 64.0 Å². The van der Waals surface area contributed by atoms with E-state index in [-0.39, 0.29) is 6.09 Å². The van der Waals surface area contributed by atoms with Crippen molar-refractivity contribution < 1.29 is 9.53 Å². The van der Waals surface area contributed by atoms with Crippen molar-refractivity contribution in [3.63, 3.8) is 0 Å². The topological polar surface area (TPSA) is 71.7 Å². The number of nitrogens with two attached hydrogens (primary N) is 1. The molecule has 6 nitrogen and oxygen atoms in total. The van der Waals surface area contributed by atoms with Crippen LogP contribution in [-0.4, -0.2) is 60.2 Å². The summed E-state index contributed by atoms with van der Waals surface area (Å²) in [4.78, 5) is 22.1. The van der Waals surface area contributed by atoms with E-state index in [0.29, 0.717) is 17.1 Å². The van der Waals surface area contributed by atoms with Crippen LogP contribution in [0.25, 0.3) is 0 Å². The normalized spacial score (nSPS) is 23.1. The molecule has 1 aliphatic carbocycles. The standard InChI is InChI=1S/C19H32N4O2S/c1-3-22(15-8-9-16-17(12-15)26-18(20)21-16)10-4-6-14-7-5-11-23(13-14)19(24)25-2/h14-15H,3-13H2,1-2H3,(H2,20,21). The minimum absolute atomic E-state index is 0.174. The van der Waals surface area contributed by atoms with E-state index in [1.165, 1.54) is 43.4 Å². The predicted octanol–water partition coefficient (Wildman–Crippen LogP) is 3.16. The first-order valence-electron chi connectivity index (χ1n) is 9.91. The molecule has 2 heterocycles. The minimum atomic E-state index is -0.174. The number of carbonyl (C=O) groups excluding carboxylic acids is 1. The molecule has 1 aliphatic heterocycles. The number of piperidine rings is 1. The lowest BCUT2D eigenvalue weighted by molar-refractivity contribution is 0.0986. The molecule has 1 fully saturated rings. The summed E-state index contributed by atoms with van der Waals surface area (Å²) in [7, 11) is 1.47. The van der Waals surface area contributed by atoms with Gasteiger partial charge in [0.05, 0.1) is 12.8 Å². The number of ether oxygens (including phenoxy) is 1. The van der Waals surface area contributed by atoms with Gasteiger partial charge >= 0.3 is 6.09 Å². The van der Waals surface area contributed by atoms with Gasteiger partial charge in [-0.15, -0.1) is 11.3 Å². The number of aryl methyl sites for hydroxylation is 1. The van der Waals surface area contributed by atoms with Crippen molar-refractivity contribution in [2.45, 2.75) is 57.9 Å². The number of aromatic nitrogens is 1. The van der Waals surface area contributed by atoms with Gasteiger partial charge in [0, 0.05) is 24.0 Å². The highest BCUT2D eigenvalue weighted by Gasteiger charge is 2.27. The lowest BCUT2D eigenvalue weighted by atomic mass is 9.92. The Morgan fingerprint density at radius 2 is 2.31 bits per heavy atom. The molecule has 1 aromatic rings. The van der Waals surface area contributed by atoms with Crippen LogP contribution in [0.5, 0.6) is 0 Å². The van der Waals surface area contributed by atoms with Crippen molar-refractivity contribution in [2.75, 3.05) is 39.0 Å². The molecule has 1 aromatic heterocycles. The number of thiazole rings is 1. The molecule has 0 aromatic carbocycles. The molecule has 3 rings (SSSR count). The first kappa shape index (κ1) is 19.4. The molecule has 1 amide bonds. The molecule has 0 bridgehead atoms. The number of methoxy groups -OCH3 is 1. The van der Waals surface area contributed by atoms with Gasteiger partial charge in [-0.2, -0.15) is 0 Å². The summed E-state index contributed by atoms with van der Waals surface area (Å²) < 4.78 is 4.87. The third-order valence-corrected chi connectivity index (χ3v) is 6.81. The van der Waals surface area contributed by atoms with Crippen LogP contribution in [0.15, 0.2) is 0 Å². The van der Waals surface area contributed by atoms with Gasteiger partial charge in [-0.3, -0.25) is 0 Å². The molecule has 2 aliphatic rings. The van der Waals surface area contributed by atoms with Gasteiger partial charge in [0.25, 0.3) is 0 Å². The van der Waals surface area contributed by atoms with Gasteiger partial charge in [0.2, 0.25) is 0 Å². The Morgan fingerprint density at radius 1 is 1.46 bits per heavy atom. The van der Waals surface area contributed by atoms with Crippen LogP contribution in [0, 0.1) is 5.92 Å². The second kappa shape index (κ2) is 9.04. The average Bonchev–Trinajstić information content (AvgIpc) is 3.04. The number of nitrogens with zero attached hydrogens (tertiary/aromatic N) is 3. The van der Waals surface area contributed by atoms with Crippen LogP contribution in [0.2, 0.25) is 0 Å². The lowest BCUT2D eigenvalue weighted by Crippen LogP contribution is -2.41. The molecule has 2 atom stereocenters. The fourth-order valence-electron chi connectivity index (χ4n) is 4.47. The fourth-order valence-corrected chi connectivity index (χ4v) is 5.42. The summed E-state index contributed by atoms with van der Waals surface area (Å²) in [6, 6.07) is 0.616. The Bertz CT molecular complexity index is 606. The molecule has 146 valence electrons.